The quantitative estimate of drug-likeness (QED) is 0.827. The number of benzene rings is 2. The van der Waals surface area contributed by atoms with E-state index in [1.807, 2.05) is 48.5 Å². The second-order valence-electron chi connectivity index (χ2n) is 4.07. The van der Waals surface area contributed by atoms with Crippen LogP contribution < -0.4 is 5.32 Å². The number of carboxylic acid groups (broad SMARTS) is 1. The third-order valence-electron chi connectivity index (χ3n) is 3.06. The molecule has 3 nitrogen and oxygen atoms in total. The van der Waals surface area contributed by atoms with Crippen LogP contribution in [0.15, 0.2) is 48.5 Å². The molecule has 0 unspecified atom stereocenters. The number of hydrogen-bond donors (Lipinski definition) is 2. The lowest BCUT2D eigenvalue weighted by Crippen LogP contribution is -2.19. The van der Waals surface area contributed by atoms with Gasteiger partial charge in [-0.2, -0.15) is 0 Å². The van der Waals surface area contributed by atoms with Gasteiger partial charge in [-0.3, -0.25) is 4.79 Å². The number of carboxylic acids is 1. The molecule has 2 N–H and O–H groups in total. The summed E-state index contributed by atoms with van der Waals surface area (Å²) in [6.45, 7) is 0. The van der Waals surface area contributed by atoms with Gasteiger partial charge in [0.2, 0.25) is 0 Å². The molecule has 0 fully saturated rings. The lowest BCUT2D eigenvalue weighted by Gasteiger charge is -2.26. The Kier molecular flexibility index (Phi) is 3.26. The Morgan fingerprint density at radius 1 is 0.944 bits per heavy atom. The van der Waals surface area contributed by atoms with Gasteiger partial charge in [-0.1, -0.05) is 36.4 Å². The van der Waals surface area contributed by atoms with E-state index in [2.05, 4.69) is 5.32 Å². The number of carbonyl (C=O) groups is 1. The van der Waals surface area contributed by atoms with Crippen molar-refractivity contribution in [1.82, 2.24) is 0 Å². The minimum atomic E-state index is -0.814. The van der Waals surface area contributed by atoms with Crippen LogP contribution in [0.5, 0.6) is 0 Å². The third-order valence-corrected chi connectivity index (χ3v) is 3.06. The number of halogens is 1. The Balaban J connectivity index is 0.00000120. The van der Waals surface area contributed by atoms with E-state index in [-0.39, 0.29) is 12.4 Å². The molecule has 4 heteroatoms. The van der Waals surface area contributed by atoms with E-state index in [0.29, 0.717) is 0 Å². The van der Waals surface area contributed by atoms with Gasteiger partial charge in [0.25, 0.3) is 0 Å². The molecular formula is C14H12ClNO2. The Morgan fingerprint density at radius 3 is 1.83 bits per heavy atom. The van der Waals surface area contributed by atoms with E-state index in [4.69, 9.17) is 0 Å². The average Bonchev–Trinajstić information content (AvgIpc) is 2.35. The molecule has 18 heavy (non-hydrogen) atoms. The van der Waals surface area contributed by atoms with Crippen LogP contribution in [0.4, 0.5) is 11.4 Å². The zero-order valence-electron chi connectivity index (χ0n) is 9.46. The Hall–Kier alpha value is -2.00. The van der Waals surface area contributed by atoms with Crippen molar-refractivity contribution in [3.8, 4) is 0 Å². The highest BCUT2D eigenvalue weighted by Crippen LogP contribution is 2.40. The standard InChI is InChI=1S/C14H11NO2.ClH/c16-14(17)13-9-5-1-3-7-11(9)15-12-8-4-2-6-10(12)13;/h1-8,13,15H,(H,16,17);1H. The number of anilines is 2. The SMILES string of the molecule is Cl.O=C(O)C1c2ccccc2Nc2ccccc21. The average molecular weight is 262 g/mol. The maximum absolute atomic E-state index is 11.5. The third kappa shape index (κ3) is 1.83. The molecule has 1 heterocycles. The number of hydrogen-bond acceptors (Lipinski definition) is 2. The van der Waals surface area contributed by atoms with Crippen molar-refractivity contribution < 1.29 is 9.90 Å². The topological polar surface area (TPSA) is 49.3 Å². The summed E-state index contributed by atoms with van der Waals surface area (Å²) in [6.07, 6.45) is 0. The van der Waals surface area contributed by atoms with Gasteiger partial charge in [0.1, 0.15) is 5.92 Å². The van der Waals surface area contributed by atoms with Crippen molar-refractivity contribution in [3.63, 3.8) is 0 Å². The van der Waals surface area contributed by atoms with Crippen LogP contribution in [0.3, 0.4) is 0 Å². The second kappa shape index (κ2) is 4.70. The van der Waals surface area contributed by atoms with Gasteiger partial charge < -0.3 is 10.4 Å². The maximum Gasteiger partial charge on any atom is 0.315 e. The fraction of sp³-hybridized carbons (Fsp3) is 0.0714. The highest BCUT2D eigenvalue weighted by atomic mass is 35.5. The molecule has 0 bridgehead atoms. The van der Waals surface area contributed by atoms with Gasteiger partial charge in [0.15, 0.2) is 0 Å². The molecule has 0 amide bonds. The summed E-state index contributed by atoms with van der Waals surface area (Å²) in [6, 6.07) is 15.1. The van der Waals surface area contributed by atoms with Crippen molar-refractivity contribution in [2.75, 3.05) is 5.32 Å². The Labute approximate surface area is 111 Å². The first-order valence-electron chi connectivity index (χ1n) is 5.45. The number of para-hydroxylation sites is 2. The maximum atomic E-state index is 11.5. The monoisotopic (exact) mass is 261 g/mol. The van der Waals surface area contributed by atoms with E-state index in [9.17, 15) is 9.90 Å². The molecule has 3 rings (SSSR count). The van der Waals surface area contributed by atoms with Crippen LogP contribution in [0.2, 0.25) is 0 Å². The van der Waals surface area contributed by atoms with Crippen LogP contribution in [-0.2, 0) is 4.79 Å². The van der Waals surface area contributed by atoms with E-state index in [1.165, 1.54) is 0 Å². The van der Waals surface area contributed by atoms with Crippen molar-refractivity contribution in [2.24, 2.45) is 0 Å². The smallest absolute Gasteiger partial charge is 0.315 e. The highest BCUT2D eigenvalue weighted by Gasteiger charge is 2.30. The molecule has 0 spiro atoms. The number of aliphatic carboxylic acids is 1. The molecule has 1 aliphatic rings. The summed E-state index contributed by atoms with van der Waals surface area (Å²) in [5.74, 6) is -1.39. The van der Waals surface area contributed by atoms with E-state index in [0.717, 1.165) is 22.5 Å². The molecule has 0 aliphatic carbocycles. The normalized spacial score (nSPS) is 12.7. The molecule has 0 radical (unpaired) electrons. The summed E-state index contributed by atoms with van der Waals surface area (Å²) < 4.78 is 0. The Morgan fingerprint density at radius 2 is 1.39 bits per heavy atom. The van der Waals surface area contributed by atoms with Gasteiger partial charge in [0.05, 0.1) is 0 Å². The van der Waals surface area contributed by atoms with Crippen LogP contribution in [-0.4, -0.2) is 11.1 Å². The fourth-order valence-corrected chi connectivity index (χ4v) is 2.30. The minimum absolute atomic E-state index is 0. The summed E-state index contributed by atoms with van der Waals surface area (Å²) >= 11 is 0. The first-order valence-corrected chi connectivity index (χ1v) is 5.45. The summed E-state index contributed by atoms with van der Waals surface area (Å²) in [7, 11) is 0. The van der Waals surface area contributed by atoms with Gasteiger partial charge in [0, 0.05) is 11.4 Å². The van der Waals surface area contributed by atoms with Gasteiger partial charge in [-0.15, -0.1) is 12.4 Å². The van der Waals surface area contributed by atoms with Gasteiger partial charge in [-0.25, -0.2) is 0 Å². The van der Waals surface area contributed by atoms with E-state index in [1.54, 1.807) is 0 Å². The molecular weight excluding hydrogens is 250 g/mol. The number of nitrogens with one attached hydrogen (secondary N) is 1. The predicted molar refractivity (Wildman–Crippen MR) is 72.9 cm³/mol. The van der Waals surface area contributed by atoms with Gasteiger partial charge >= 0.3 is 5.97 Å². The second-order valence-corrected chi connectivity index (χ2v) is 4.07. The van der Waals surface area contributed by atoms with Crippen molar-refractivity contribution in [2.45, 2.75) is 5.92 Å². The van der Waals surface area contributed by atoms with Crippen molar-refractivity contribution >= 4 is 29.8 Å². The molecule has 0 saturated heterocycles. The number of rotatable bonds is 1. The predicted octanol–water partition coefficient (Wildman–Crippen LogP) is 3.38. The summed E-state index contributed by atoms with van der Waals surface area (Å²) in [5, 5.41) is 12.7. The molecule has 0 aromatic heterocycles. The van der Waals surface area contributed by atoms with Crippen molar-refractivity contribution in [3.05, 3.63) is 59.7 Å². The Bertz CT molecular complexity index is 552. The lowest BCUT2D eigenvalue weighted by atomic mass is 9.86. The van der Waals surface area contributed by atoms with Crippen LogP contribution in [0.1, 0.15) is 17.0 Å². The molecule has 2 aromatic rings. The molecule has 0 atom stereocenters. The van der Waals surface area contributed by atoms with Gasteiger partial charge in [-0.05, 0) is 23.3 Å². The first kappa shape index (κ1) is 12.5. The lowest BCUT2D eigenvalue weighted by molar-refractivity contribution is -0.137. The van der Waals surface area contributed by atoms with E-state index >= 15 is 0 Å². The fourth-order valence-electron chi connectivity index (χ4n) is 2.30. The first-order chi connectivity index (χ1) is 8.27. The summed E-state index contributed by atoms with van der Waals surface area (Å²) in [5.41, 5.74) is 3.38. The molecule has 2 aromatic carbocycles. The number of fused-ring (bicyclic) bond motifs is 2. The molecule has 1 aliphatic heterocycles. The van der Waals surface area contributed by atoms with E-state index < -0.39 is 11.9 Å². The minimum Gasteiger partial charge on any atom is -0.481 e. The largest absolute Gasteiger partial charge is 0.481 e. The summed E-state index contributed by atoms with van der Waals surface area (Å²) in [4.78, 5) is 11.5. The zero-order chi connectivity index (χ0) is 11.8. The highest BCUT2D eigenvalue weighted by molar-refractivity contribution is 5.89. The van der Waals surface area contributed by atoms with Crippen molar-refractivity contribution in [1.29, 1.82) is 0 Å². The van der Waals surface area contributed by atoms with Crippen LogP contribution >= 0.6 is 12.4 Å². The molecule has 92 valence electrons. The zero-order valence-corrected chi connectivity index (χ0v) is 10.3. The van der Waals surface area contributed by atoms with Crippen LogP contribution in [0, 0.1) is 0 Å². The van der Waals surface area contributed by atoms with Crippen LogP contribution in [0.25, 0.3) is 0 Å². The molecule has 0 saturated carbocycles.